The average molecular weight is 483 g/mol. The maximum absolute atomic E-state index is 13.9. The van der Waals surface area contributed by atoms with Gasteiger partial charge >= 0.3 is 0 Å². The molecule has 0 aliphatic carbocycles. The monoisotopic (exact) mass is 482 g/mol. The van der Waals surface area contributed by atoms with E-state index in [1.54, 1.807) is 40.1 Å². The molecule has 1 aromatic heterocycles. The topological polar surface area (TPSA) is 61.6 Å². The summed E-state index contributed by atoms with van der Waals surface area (Å²) in [6, 6.07) is 14.0. The SMILES string of the molecule is Cc1ccnn1-c1cc(CN2CC[C@]3(C=CC(=O)N3c3cccc(F)c3)C[C@@H]2C)ccc1O.Cl. The number of halogens is 2. The first kappa shape index (κ1) is 24.0. The lowest BCUT2D eigenvalue weighted by atomic mass is 9.82. The molecule has 34 heavy (non-hydrogen) atoms. The standard InChI is InChI=1S/C26H27FN4O2.ClH/c1-18-9-12-28-31(18)23-14-20(6-7-24(23)32)17-29-13-11-26(16-19(29)2)10-8-25(33)30(26)22-5-3-4-21(27)15-22;/h3-10,12,14-15,19,32H,11,13,16-17H2,1-2H3;1H/t19-,26+;/m0./s1. The van der Waals surface area contributed by atoms with E-state index >= 15 is 0 Å². The van der Waals surface area contributed by atoms with Crippen molar-refractivity contribution in [3.63, 3.8) is 0 Å². The van der Waals surface area contributed by atoms with Gasteiger partial charge in [0.2, 0.25) is 0 Å². The molecule has 0 radical (unpaired) electrons. The number of aromatic nitrogens is 2. The maximum atomic E-state index is 13.9. The zero-order valence-corrected chi connectivity index (χ0v) is 20.0. The molecule has 0 bridgehead atoms. The van der Waals surface area contributed by atoms with Crippen LogP contribution < -0.4 is 4.90 Å². The minimum absolute atomic E-state index is 0. The Kier molecular flexibility index (Phi) is 6.51. The van der Waals surface area contributed by atoms with Crippen molar-refractivity contribution in [1.82, 2.24) is 14.7 Å². The first-order valence-corrected chi connectivity index (χ1v) is 11.2. The third kappa shape index (κ3) is 4.21. The van der Waals surface area contributed by atoms with Crippen LogP contribution >= 0.6 is 12.4 Å². The van der Waals surface area contributed by atoms with Gasteiger partial charge in [0.05, 0.1) is 5.54 Å². The second-order valence-electron chi connectivity index (χ2n) is 9.07. The molecule has 3 heterocycles. The molecular weight excluding hydrogens is 455 g/mol. The lowest BCUT2D eigenvalue weighted by molar-refractivity contribution is -0.114. The van der Waals surface area contributed by atoms with E-state index in [4.69, 9.17) is 0 Å². The van der Waals surface area contributed by atoms with Gasteiger partial charge in [0.1, 0.15) is 17.3 Å². The summed E-state index contributed by atoms with van der Waals surface area (Å²) in [5.74, 6) is -0.251. The van der Waals surface area contributed by atoms with Crippen LogP contribution in [0.3, 0.4) is 0 Å². The van der Waals surface area contributed by atoms with Crippen LogP contribution in [0.5, 0.6) is 5.75 Å². The molecule has 0 unspecified atom stereocenters. The number of rotatable bonds is 4. The second kappa shape index (κ2) is 9.24. The van der Waals surface area contributed by atoms with Crippen molar-refractivity contribution in [2.24, 2.45) is 0 Å². The van der Waals surface area contributed by atoms with E-state index in [2.05, 4.69) is 16.9 Å². The minimum atomic E-state index is -0.437. The molecule has 2 atom stereocenters. The summed E-state index contributed by atoms with van der Waals surface area (Å²) in [5.41, 5.74) is 2.86. The fourth-order valence-electron chi connectivity index (χ4n) is 5.18. The summed E-state index contributed by atoms with van der Waals surface area (Å²) < 4.78 is 15.6. The number of piperidine rings is 1. The number of hydrogen-bond donors (Lipinski definition) is 1. The van der Waals surface area contributed by atoms with Crippen molar-refractivity contribution in [3.05, 3.63) is 84.0 Å². The Morgan fingerprint density at radius 1 is 1.21 bits per heavy atom. The smallest absolute Gasteiger partial charge is 0.251 e. The molecule has 1 amide bonds. The van der Waals surface area contributed by atoms with Crippen molar-refractivity contribution < 1.29 is 14.3 Å². The van der Waals surface area contributed by atoms with E-state index < -0.39 is 5.54 Å². The van der Waals surface area contributed by atoms with Crippen molar-refractivity contribution in [1.29, 1.82) is 0 Å². The van der Waals surface area contributed by atoms with E-state index in [0.717, 1.165) is 37.2 Å². The highest BCUT2D eigenvalue weighted by atomic mass is 35.5. The van der Waals surface area contributed by atoms with Gasteiger partial charge < -0.3 is 5.11 Å². The number of anilines is 1. The highest BCUT2D eigenvalue weighted by Crippen LogP contribution is 2.41. The molecule has 2 aromatic carbocycles. The quantitative estimate of drug-likeness (QED) is 0.581. The second-order valence-corrected chi connectivity index (χ2v) is 9.07. The van der Waals surface area contributed by atoms with Gasteiger partial charge in [0.25, 0.3) is 5.91 Å². The largest absolute Gasteiger partial charge is 0.506 e. The van der Waals surface area contributed by atoms with Gasteiger partial charge in [-0.05, 0) is 68.7 Å². The lowest BCUT2D eigenvalue weighted by Crippen LogP contribution is -2.56. The molecule has 3 aromatic rings. The molecular formula is C26H28ClFN4O2. The van der Waals surface area contributed by atoms with Gasteiger partial charge in [-0.2, -0.15) is 5.10 Å². The molecule has 5 rings (SSSR count). The Bertz CT molecular complexity index is 1240. The van der Waals surface area contributed by atoms with Crippen LogP contribution in [0.1, 0.15) is 31.0 Å². The molecule has 8 heteroatoms. The first-order valence-electron chi connectivity index (χ1n) is 11.2. The van der Waals surface area contributed by atoms with Crippen LogP contribution in [0.2, 0.25) is 0 Å². The summed E-state index contributed by atoms with van der Waals surface area (Å²) in [7, 11) is 0. The Labute approximate surface area is 204 Å². The van der Waals surface area contributed by atoms with Crippen LogP contribution in [0.25, 0.3) is 5.69 Å². The number of carbonyl (C=O) groups is 1. The zero-order valence-electron chi connectivity index (χ0n) is 19.2. The number of phenolic OH excluding ortho intramolecular Hbond substituents is 1. The van der Waals surface area contributed by atoms with Crippen molar-refractivity contribution in [2.75, 3.05) is 11.4 Å². The first-order chi connectivity index (χ1) is 15.9. The number of aryl methyl sites for hydroxylation is 1. The predicted molar refractivity (Wildman–Crippen MR) is 132 cm³/mol. The normalized spacial score (nSPS) is 22.4. The van der Waals surface area contributed by atoms with Gasteiger partial charge in [-0.1, -0.05) is 18.2 Å². The minimum Gasteiger partial charge on any atom is -0.506 e. The van der Waals surface area contributed by atoms with Crippen molar-refractivity contribution in [2.45, 2.75) is 44.8 Å². The van der Waals surface area contributed by atoms with E-state index in [1.165, 1.54) is 12.1 Å². The number of hydrogen-bond acceptors (Lipinski definition) is 4. The highest BCUT2D eigenvalue weighted by molar-refractivity contribution is 6.06. The highest BCUT2D eigenvalue weighted by Gasteiger charge is 2.46. The molecule has 1 saturated heterocycles. The van der Waals surface area contributed by atoms with Gasteiger partial charge in [0, 0.05) is 42.8 Å². The average Bonchev–Trinajstić information content (AvgIpc) is 3.34. The van der Waals surface area contributed by atoms with Crippen LogP contribution in [0, 0.1) is 12.7 Å². The summed E-state index contributed by atoms with van der Waals surface area (Å²) in [5, 5.41) is 14.7. The van der Waals surface area contributed by atoms with E-state index in [0.29, 0.717) is 11.4 Å². The Morgan fingerprint density at radius 3 is 2.74 bits per heavy atom. The fraction of sp³-hybridized carbons (Fsp3) is 0.308. The fourth-order valence-corrected chi connectivity index (χ4v) is 5.18. The zero-order chi connectivity index (χ0) is 23.2. The summed E-state index contributed by atoms with van der Waals surface area (Å²) in [4.78, 5) is 16.9. The number of nitrogens with zero attached hydrogens (tertiary/aromatic N) is 4. The molecule has 1 fully saturated rings. The number of phenols is 1. The molecule has 1 spiro atoms. The molecule has 0 saturated carbocycles. The third-order valence-corrected chi connectivity index (χ3v) is 6.86. The Balaban J connectivity index is 0.00000274. The van der Waals surface area contributed by atoms with Crippen LogP contribution in [-0.2, 0) is 11.3 Å². The van der Waals surface area contributed by atoms with E-state index in [-0.39, 0.29) is 35.9 Å². The number of likely N-dealkylation sites (tertiary alicyclic amines) is 1. The molecule has 6 nitrogen and oxygen atoms in total. The molecule has 1 N–H and O–H groups in total. The van der Waals surface area contributed by atoms with Crippen molar-refractivity contribution in [3.8, 4) is 11.4 Å². The van der Waals surface area contributed by atoms with Crippen LogP contribution in [0.15, 0.2) is 66.9 Å². The van der Waals surface area contributed by atoms with Crippen molar-refractivity contribution >= 4 is 24.0 Å². The molecule has 2 aliphatic rings. The van der Waals surface area contributed by atoms with Gasteiger partial charge in [-0.15, -0.1) is 12.4 Å². The summed E-state index contributed by atoms with van der Waals surface area (Å²) >= 11 is 0. The van der Waals surface area contributed by atoms with E-state index in [9.17, 15) is 14.3 Å². The number of aromatic hydroxyl groups is 1. The Morgan fingerprint density at radius 2 is 2.03 bits per heavy atom. The molecule has 2 aliphatic heterocycles. The number of benzene rings is 2. The molecule has 178 valence electrons. The van der Waals surface area contributed by atoms with Gasteiger partial charge in [-0.3, -0.25) is 14.6 Å². The van der Waals surface area contributed by atoms with Gasteiger partial charge in [-0.25, -0.2) is 9.07 Å². The maximum Gasteiger partial charge on any atom is 0.251 e. The third-order valence-electron chi connectivity index (χ3n) is 6.86. The predicted octanol–water partition coefficient (Wildman–Crippen LogP) is 4.77. The lowest BCUT2D eigenvalue weighted by Gasteiger charge is -2.47. The van der Waals surface area contributed by atoms with E-state index in [1.807, 2.05) is 31.2 Å². The summed E-state index contributed by atoms with van der Waals surface area (Å²) in [6.45, 7) is 5.64. The van der Waals surface area contributed by atoms with Crippen LogP contribution in [0.4, 0.5) is 10.1 Å². The Hall–Kier alpha value is -3.16. The summed E-state index contributed by atoms with van der Waals surface area (Å²) in [6.07, 6.45) is 6.85. The number of carbonyl (C=O) groups excluding carboxylic acids is 1. The van der Waals surface area contributed by atoms with Crippen LogP contribution in [-0.4, -0.2) is 43.8 Å². The number of amides is 1. The van der Waals surface area contributed by atoms with Gasteiger partial charge in [0.15, 0.2) is 0 Å².